The van der Waals surface area contributed by atoms with Gasteiger partial charge in [0.05, 0.1) is 0 Å². The molecule has 1 saturated heterocycles. The summed E-state index contributed by atoms with van der Waals surface area (Å²) in [5.41, 5.74) is 0.795. The summed E-state index contributed by atoms with van der Waals surface area (Å²) in [4.78, 5) is 26.7. The average molecular weight is 400 g/mol. The number of nitrogens with zero attached hydrogens (tertiary/aromatic N) is 2. The summed E-state index contributed by atoms with van der Waals surface area (Å²) in [5, 5.41) is 9.71. The number of amides is 2. The topological polar surface area (TPSA) is 60.9 Å². The first kappa shape index (κ1) is 22.0. The van der Waals surface area contributed by atoms with Crippen molar-refractivity contribution in [2.24, 2.45) is 0 Å². The molecule has 3 atom stereocenters. The van der Waals surface area contributed by atoms with E-state index in [9.17, 15) is 27.9 Å². The Balaban J connectivity index is 2.55. The lowest BCUT2D eigenvalue weighted by atomic mass is 9.79. The summed E-state index contributed by atoms with van der Waals surface area (Å²) < 4.78 is 39.6. The Bertz CT molecular complexity index is 743. The lowest BCUT2D eigenvalue weighted by molar-refractivity contribution is -0.174. The lowest BCUT2D eigenvalue weighted by Gasteiger charge is -2.48. The van der Waals surface area contributed by atoms with Crippen molar-refractivity contribution < 1.29 is 27.9 Å². The van der Waals surface area contributed by atoms with Gasteiger partial charge in [0.15, 0.2) is 0 Å². The third kappa shape index (κ3) is 4.59. The smallest absolute Gasteiger partial charge is 0.408 e. The van der Waals surface area contributed by atoms with Crippen molar-refractivity contribution in [1.29, 1.82) is 0 Å². The summed E-state index contributed by atoms with van der Waals surface area (Å²) in [5.74, 6) is -1.21. The van der Waals surface area contributed by atoms with E-state index in [2.05, 4.69) is 0 Å². The number of halogens is 3. The standard InChI is InChI=1S/C20H27F3N2O3/c1-12-8-6-7-9-14(12)15-10-16(25(18(27)28)19(3,4)5)17(26)24(13(15)2)11-20(21,22)23/h6-9,13,15-16H,10-11H2,1-5H3,(H,27,28)/t13-,15-,16?/m1/s1. The number of carboxylic acid groups (broad SMARTS) is 1. The van der Waals surface area contributed by atoms with Gasteiger partial charge in [0.25, 0.3) is 0 Å². The second-order valence-electron chi connectivity index (χ2n) is 8.36. The van der Waals surface area contributed by atoms with E-state index in [4.69, 9.17) is 0 Å². The van der Waals surface area contributed by atoms with E-state index >= 15 is 0 Å². The summed E-state index contributed by atoms with van der Waals surface area (Å²) in [7, 11) is 0. The number of alkyl halides is 3. The Morgan fingerprint density at radius 1 is 1.25 bits per heavy atom. The predicted molar refractivity (Wildman–Crippen MR) is 99.2 cm³/mol. The van der Waals surface area contributed by atoms with Gasteiger partial charge in [-0.25, -0.2) is 4.79 Å². The maximum atomic E-state index is 13.2. The van der Waals surface area contributed by atoms with Crippen LogP contribution in [0.2, 0.25) is 0 Å². The van der Waals surface area contributed by atoms with Crippen molar-refractivity contribution in [2.75, 3.05) is 6.54 Å². The number of carbonyl (C=O) groups is 2. The minimum absolute atomic E-state index is 0.142. The zero-order valence-corrected chi connectivity index (χ0v) is 16.7. The fourth-order valence-corrected chi connectivity index (χ4v) is 4.06. The van der Waals surface area contributed by atoms with Crippen LogP contribution < -0.4 is 0 Å². The molecule has 1 aromatic carbocycles. The number of piperidine rings is 1. The molecule has 8 heteroatoms. The predicted octanol–water partition coefficient (Wildman–Crippen LogP) is 4.41. The van der Waals surface area contributed by atoms with Gasteiger partial charge in [-0.1, -0.05) is 24.3 Å². The Hall–Kier alpha value is -2.25. The van der Waals surface area contributed by atoms with Crippen LogP contribution in [0.1, 0.15) is 51.2 Å². The first-order valence-electron chi connectivity index (χ1n) is 9.19. The number of hydrogen-bond acceptors (Lipinski definition) is 2. The van der Waals surface area contributed by atoms with Crippen molar-refractivity contribution in [3.63, 3.8) is 0 Å². The molecule has 0 aliphatic carbocycles. The summed E-state index contributed by atoms with van der Waals surface area (Å²) in [6, 6.07) is 5.44. The van der Waals surface area contributed by atoms with Crippen LogP contribution in [0.4, 0.5) is 18.0 Å². The van der Waals surface area contributed by atoms with Gasteiger partial charge in [-0.2, -0.15) is 13.2 Å². The van der Waals surface area contributed by atoms with Crippen molar-refractivity contribution >= 4 is 12.0 Å². The Morgan fingerprint density at radius 3 is 2.29 bits per heavy atom. The quantitative estimate of drug-likeness (QED) is 0.818. The van der Waals surface area contributed by atoms with Crippen LogP contribution in [0.25, 0.3) is 0 Å². The second-order valence-corrected chi connectivity index (χ2v) is 8.36. The molecule has 2 rings (SSSR count). The highest BCUT2D eigenvalue weighted by atomic mass is 19.4. The summed E-state index contributed by atoms with van der Waals surface area (Å²) in [6.45, 7) is 6.94. The summed E-state index contributed by atoms with van der Waals surface area (Å²) >= 11 is 0. The maximum Gasteiger partial charge on any atom is 0.408 e. The van der Waals surface area contributed by atoms with Crippen molar-refractivity contribution in [2.45, 2.75) is 70.8 Å². The van der Waals surface area contributed by atoms with Crippen LogP contribution in [-0.4, -0.2) is 57.3 Å². The number of carbonyl (C=O) groups excluding carboxylic acids is 1. The fraction of sp³-hybridized carbons (Fsp3) is 0.600. The first-order chi connectivity index (χ1) is 12.7. The van der Waals surface area contributed by atoms with Crippen molar-refractivity contribution in [3.8, 4) is 0 Å². The van der Waals surface area contributed by atoms with Crippen molar-refractivity contribution in [3.05, 3.63) is 35.4 Å². The number of hydrogen-bond donors (Lipinski definition) is 1. The minimum atomic E-state index is -4.57. The zero-order valence-electron chi connectivity index (χ0n) is 16.7. The van der Waals surface area contributed by atoms with Gasteiger partial charge in [0, 0.05) is 17.5 Å². The largest absolute Gasteiger partial charge is 0.465 e. The fourth-order valence-electron chi connectivity index (χ4n) is 4.06. The van der Waals surface area contributed by atoms with Crippen LogP contribution in [0, 0.1) is 6.92 Å². The van der Waals surface area contributed by atoms with Gasteiger partial charge in [0.2, 0.25) is 5.91 Å². The highest BCUT2D eigenvalue weighted by molar-refractivity contribution is 5.87. The third-order valence-electron chi connectivity index (χ3n) is 5.30. The van der Waals surface area contributed by atoms with Gasteiger partial charge in [-0.05, 0) is 52.2 Å². The van der Waals surface area contributed by atoms with E-state index in [1.807, 2.05) is 25.1 Å². The molecular weight excluding hydrogens is 373 g/mol. The molecule has 1 aromatic rings. The molecule has 0 bridgehead atoms. The molecule has 0 aromatic heterocycles. The Kier molecular flexibility index (Phi) is 6.01. The van der Waals surface area contributed by atoms with Gasteiger partial charge < -0.3 is 10.0 Å². The van der Waals surface area contributed by atoms with Gasteiger partial charge >= 0.3 is 12.3 Å². The van der Waals surface area contributed by atoms with Crippen LogP contribution in [-0.2, 0) is 4.79 Å². The SMILES string of the molecule is Cc1ccccc1[C@@H]1CC(N(C(=O)O)C(C)(C)C)C(=O)N(CC(F)(F)F)[C@@H]1C. The number of likely N-dealkylation sites (tertiary alicyclic amines) is 1. The molecule has 0 radical (unpaired) electrons. The van der Waals surface area contributed by atoms with E-state index in [1.165, 1.54) is 0 Å². The molecule has 1 N–H and O–H groups in total. The molecule has 1 aliphatic heterocycles. The highest BCUT2D eigenvalue weighted by Gasteiger charge is 2.49. The minimum Gasteiger partial charge on any atom is -0.465 e. The number of aryl methyl sites for hydroxylation is 1. The molecule has 0 spiro atoms. The highest BCUT2D eigenvalue weighted by Crippen LogP contribution is 2.39. The first-order valence-corrected chi connectivity index (χ1v) is 9.19. The van der Waals surface area contributed by atoms with E-state index in [1.54, 1.807) is 33.8 Å². The van der Waals surface area contributed by atoms with E-state index < -0.39 is 48.3 Å². The zero-order chi connectivity index (χ0) is 21.4. The molecule has 1 unspecified atom stereocenters. The molecule has 2 amide bonds. The van der Waals surface area contributed by atoms with Gasteiger partial charge in [-0.15, -0.1) is 0 Å². The molecule has 0 saturated carbocycles. The number of benzene rings is 1. The monoisotopic (exact) mass is 400 g/mol. The van der Waals surface area contributed by atoms with E-state index in [0.717, 1.165) is 20.9 Å². The molecular formula is C20H27F3N2O3. The lowest BCUT2D eigenvalue weighted by Crippen LogP contribution is -2.63. The van der Waals surface area contributed by atoms with Crippen LogP contribution in [0.5, 0.6) is 0 Å². The molecule has 1 aliphatic rings. The van der Waals surface area contributed by atoms with Gasteiger partial charge in [-0.3, -0.25) is 9.69 Å². The normalized spacial score (nSPS) is 23.6. The maximum absolute atomic E-state index is 13.2. The van der Waals surface area contributed by atoms with Crippen LogP contribution in [0.3, 0.4) is 0 Å². The van der Waals surface area contributed by atoms with E-state index in [-0.39, 0.29) is 6.42 Å². The molecule has 156 valence electrons. The Labute approximate surface area is 163 Å². The number of rotatable bonds is 3. The second kappa shape index (κ2) is 7.64. The van der Waals surface area contributed by atoms with Crippen molar-refractivity contribution in [1.82, 2.24) is 9.80 Å². The molecule has 1 heterocycles. The molecule has 1 fully saturated rings. The average Bonchev–Trinajstić information content (AvgIpc) is 2.52. The van der Waals surface area contributed by atoms with Crippen LogP contribution in [0.15, 0.2) is 24.3 Å². The van der Waals surface area contributed by atoms with E-state index in [0.29, 0.717) is 0 Å². The van der Waals surface area contributed by atoms with Gasteiger partial charge in [0.1, 0.15) is 12.6 Å². The molecule has 28 heavy (non-hydrogen) atoms. The Morgan fingerprint density at radius 2 is 1.82 bits per heavy atom. The molecule has 5 nitrogen and oxygen atoms in total. The van der Waals surface area contributed by atoms with Crippen LogP contribution >= 0.6 is 0 Å². The summed E-state index contributed by atoms with van der Waals surface area (Å²) in [6.07, 6.45) is -5.75. The third-order valence-corrected chi connectivity index (χ3v) is 5.30.